The molecule has 0 N–H and O–H groups in total. The number of rotatable bonds is 0. The first-order valence-electron chi connectivity index (χ1n) is 8.53. The van der Waals surface area contributed by atoms with E-state index in [1.807, 2.05) is 0 Å². The van der Waals surface area contributed by atoms with E-state index in [0.29, 0.717) is 6.61 Å². The van der Waals surface area contributed by atoms with Crippen molar-refractivity contribution >= 4 is 11.9 Å². The summed E-state index contributed by atoms with van der Waals surface area (Å²) < 4.78 is 5.33. The second kappa shape index (κ2) is 5.35. The Hall–Kier alpha value is -1.32. The number of ether oxygens (including phenoxy) is 1. The van der Waals surface area contributed by atoms with Crippen LogP contribution in [0.25, 0.3) is 0 Å². The molecule has 4 nitrogen and oxygen atoms in total. The minimum atomic E-state index is -0.283. The molecule has 2 rings (SSSR count). The van der Waals surface area contributed by atoms with Crippen molar-refractivity contribution in [1.82, 2.24) is 4.90 Å². The zero-order valence-corrected chi connectivity index (χ0v) is 16.2. The second-order valence-corrected chi connectivity index (χ2v) is 9.78. The SMILES string of the molecule is CC(C)(C)C1=NC(C(C)(C)C)C(C(C)(C)C)=C2CCOC(=O)N12. The highest BCUT2D eigenvalue weighted by atomic mass is 16.6. The lowest BCUT2D eigenvalue weighted by Gasteiger charge is -2.47. The first kappa shape index (κ1) is 18.0. The van der Waals surface area contributed by atoms with E-state index in [9.17, 15) is 4.79 Å². The van der Waals surface area contributed by atoms with Gasteiger partial charge in [-0.1, -0.05) is 62.3 Å². The quantitative estimate of drug-likeness (QED) is 0.630. The molecule has 0 bridgehead atoms. The van der Waals surface area contributed by atoms with Crippen molar-refractivity contribution in [2.75, 3.05) is 6.61 Å². The Morgan fingerprint density at radius 3 is 2.00 bits per heavy atom. The van der Waals surface area contributed by atoms with E-state index < -0.39 is 0 Å². The zero-order chi connectivity index (χ0) is 17.8. The van der Waals surface area contributed by atoms with E-state index in [1.165, 1.54) is 5.57 Å². The topological polar surface area (TPSA) is 41.9 Å². The van der Waals surface area contributed by atoms with E-state index >= 15 is 0 Å². The Balaban J connectivity index is 2.74. The summed E-state index contributed by atoms with van der Waals surface area (Å²) in [5.74, 6) is 0.824. The number of hydrogen-bond donors (Lipinski definition) is 0. The molecule has 1 fully saturated rings. The van der Waals surface area contributed by atoms with Crippen LogP contribution in [-0.4, -0.2) is 29.5 Å². The van der Waals surface area contributed by atoms with Crippen molar-refractivity contribution in [1.29, 1.82) is 0 Å². The molecule has 0 radical (unpaired) electrons. The van der Waals surface area contributed by atoms with Crippen LogP contribution >= 0.6 is 0 Å². The number of nitrogens with zero attached hydrogens (tertiary/aromatic N) is 2. The van der Waals surface area contributed by atoms with Crippen LogP contribution in [0.15, 0.2) is 16.3 Å². The molecule has 0 aromatic heterocycles. The summed E-state index contributed by atoms with van der Waals surface area (Å²) in [7, 11) is 0. The molecule has 1 saturated heterocycles. The fourth-order valence-electron chi connectivity index (χ4n) is 3.39. The maximum absolute atomic E-state index is 12.5. The van der Waals surface area contributed by atoms with Crippen molar-refractivity contribution < 1.29 is 9.53 Å². The van der Waals surface area contributed by atoms with Gasteiger partial charge in [0.1, 0.15) is 5.84 Å². The summed E-state index contributed by atoms with van der Waals surface area (Å²) in [6.45, 7) is 20.1. The number of fused-ring (bicyclic) bond motifs is 1. The number of hydrogen-bond acceptors (Lipinski definition) is 3. The van der Waals surface area contributed by atoms with Crippen molar-refractivity contribution in [2.24, 2.45) is 21.2 Å². The maximum atomic E-state index is 12.5. The van der Waals surface area contributed by atoms with Crippen LogP contribution in [0.1, 0.15) is 68.7 Å². The second-order valence-electron chi connectivity index (χ2n) is 9.78. The maximum Gasteiger partial charge on any atom is 0.419 e. The van der Waals surface area contributed by atoms with E-state index in [0.717, 1.165) is 18.0 Å². The summed E-state index contributed by atoms with van der Waals surface area (Å²) in [5, 5.41) is 0. The highest BCUT2D eigenvalue weighted by molar-refractivity contribution is 6.01. The molecular formula is C19H32N2O2. The Morgan fingerprint density at radius 1 is 1.00 bits per heavy atom. The predicted octanol–water partition coefficient (Wildman–Crippen LogP) is 5.00. The van der Waals surface area contributed by atoms with Crippen molar-refractivity contribution in [2.45, 2.75) is 74.8 Å². The molecule has 1 amide bonds. The Bertz CT molecular complexity index is 566. The molecule has 2 aliphatic rings. The van der Waals surface area contributed by atoms with Crippen LogP contribution in [0.3, 0.4) is 0 Å². The highest BCUT2D eigenvalue weighted by Gasteiger charge is 2.46. The fourth-order valence-corrected chi connectivity index (χ4v) is 3.39. The minimum absolute atomic E-state index is 0.000441. The lowest BCUT2D eigenvalue weighted by molar-refractivity contribution is 0.104. The molecule has 0 aromatic carbocycles. The third kappa shape index (κ3) is 3.31. The lowest BCUT2D eigenvalue weighted by Crippen LogP contribution is -2.52. The summed E-state index contributed by atoms with van der Waals surface area (Å²) in [5.41, 5.74) is 2.12. The molecule has 2 heterocycles. The smallest absolute Gasteiger partial charge is 0.419 e. The molecule has 0 spiro atoms. The van der Waals surface area contributed by atoms with Gasteiger partial charge >= 0.3 is 6.09 Å². The molecule has 0 aromatic rings. The monoisotopic (exact) mass is 320 g/mol. The van der Waals surface area contributed by atoms with E-state index in [1.54, 1.807) is 4.90 Å². The molecular weight excluding hydrogens is 288 g/mol. The highest BCUT2D eigenvalue weighted by Crippen LogP contribution is 2.46. The Kier molecular flexibility index (Phi) is 4.20. The van der Waals surface area contributed by atoms with Gasteiger partial charge in [-0.25, -0.2) is 9.69 Å². The Labute approximate surface area is 141 Å². The van der Waals surface area contributed by atoms with Gasteiger partial charge in [-0.15, -0.1) is 0 Å². The van der Waals surface area contributed by atoms with Gasteiger partial charge in [-0.2, -0.15) is 0 Å². The average molecular weight is 320 g/mol. The van der Waals surface area contributed by atoms with Crippen LogP contribution in [0.5, 0.6) is 0 Å². The van der Waals surface area contributed by atoms with Crippen LogP contribution in [0.2, 0.25) is 0 Å². The number of amidine groups is 1. The van der Waals surface area contributed by atoms with Gasteiger partial charge in [0.25, 0.3) is 0 Å². The number of carbonyl (C=O) groups excluding carboxylic acids is 1. The van der Waals surface area contributed by atoms with Gasteiger partial charge in [0.15, 0.2) is 0 Å². The van der Waals surface area contributed by atoms with Gasteiger partial charge in [-0.05, 0) is 16.4 Å². The summed E-state index contributed by atoms with van der Waals surface area (Å²) >= 11 is 0. The minimum Gasteiger partial charge on any atom is -0.448 e. The van der Waals surface area contributed by atoms with E-state index in [2.05, 4.69) is 62.3 Å². The number of aliphatic imine (C=N–C) groups is 1. The van der Waals surface area contributed by atoms with Crippen molar-refractivity contribution in [3.63, 3.8) is 0 Å². The van der Waals surface area contributed by atoms with Crippen LogP contribution in [-0.2, 0) is 4.74 Å². The standard InChI is InChI=1S/C19H32N2O2/c1-17(2,3)13-12-10-11-23-16(22)21(12)15(19(7,8)9)20-14(13)18(4,5)6/h14H,10-11H2,1-9H3. The molecule has 130 valence electrons. The molecule has 4 heteroatoms. The third-order valence-corrected chi connectivity index (χ3v) is 4.36. The third-order valence-electron chi connectivity index (χ3n) is 4.36. The normalized spacial score (nSPS) is 23.5. The number of amides is 1. The Morgan fingerprint density at radius 2 is 1.57 bits per heavy atom. The molecule has 1 atom stereocenters. The van der Waals surface area contributed by atoms with Crippen LogP contribution < -0.4 is 0 Å². The molecule has 0 saturated carbocycles. The first-order valence-corrected chi connectivity index (χ1v) is 8.53. The lowest BCUT2D eigenvalue weighted by atomic mass is 9.70. The summed E-state index contributed by atoms with van der Waals surface area (Å²) in [6.07, 6.45) is 0.481. The molecule has 23 heavy (non-hydrogen) atoms. The fraction of sp³-hybridized carbons (Fsp3) is 0.789. The number of carbonyl (C=O) groups is 1. The van der Waals surface area contributed by atoms with Crippen molar-refractivity contribution in [3.8, 4) is 0 Å². The van der Waals surface area contributed by atoms with Crippen LogP contribution in [0, 0.1) is 16.2 Å². The summed E-state index contributed by atoms with van der Waals surface area (Å²) in [4.78, 5) is 19.3. The molecule has 2 aliphatic heterocycles. The number of cyclic esters (lactones) is 1. The first-order chi connectivity index (χ1) is 10.2. The average Bonchev–Trinajstić information content (AvgIpc) is 2.33. The van der Waals surface area contributed by atoms with E-state index in [-0.39, 0.29) is 28.4 Å². The van der Waals surface area contributed by atoms with Gasteiger partial charge in [-0.3, -0.25) is 4.99 Å². The zero-order valence-electron chi connectivity index (χ0n) is 16.2. The van der Waals surface area contributed by atoms with Gasteiger partial charge < -0.3 is 4.74 Å². The van der Waals surface area contributed by atoms with Gasteiger partial charge in [0.05, 0.1) is 12.6 Å². The van der Waals surface area contributed by atoms with Crippen LogP contribution in [0.4, 0.5) is 4.79 Å². The molecule has 0 aliphatic carbocycles. The van der Waals surface area contributed by atoms with E-state index in [4.69, 9.17) is 9.73 Å². The van der Waals surface area contributed by atoms with Gasteiger partial charge in [0.2, 0.25) is 0 Å². The van der Waals surface area contributed by atoms with Crippen molar-refractivity contribution in [3.05, 3.63) is 11.3 Å². The van der Waals surface area contributed by atoms with Gasteiger partial charge in [0, 0.05) is 17.5 Å². The largest absolute Gasteiger partial charge is 0.448 e. The predicted molar refractivity (Wildman–Crippen MR) is 94.4 cm³/mol. The molecule has 1 unspecified atom stereocenters. The summed E-state index contributed by atoms with van der Waals surface area (Å²) in [6, 6.07) is 0.0777.